The van der Waals surface area contributed by atoms with Crippen LogP contribution >= 0.6 is 0 Å². The molecule has 2 aromatic carbocycles. The van der Waals surface area contributed by atoms with Crippen LogP contribution in [0.2, 0.25) is 0 Å². The number of hydrazone groups is 1. The third kappa shape index (κ3) is 4.58. The van der Waals surface area contributed by atoms with Crippen molar-refractivity contribution in [3.8, 4) is 0 Å². The van der Waals surface area contributed by atoms with Crippen LogP contribution in [-0.4, -0.2) is 11.1 Å². The Morgan fingerprint density at radius 1 is 1.19 bits per heavy atom. The molecule has 0 atom stereocenters. The number of nitro benzene ring substituents is 1. The zero-order valence-corrected chi connectivity index (χ0v) is 11.6. The molecule has 5 heteroatoms. The second-order valence-electron chi connectivity index (χ2n) is 4.48. The van der Waals surface area contributed by atoms with Gasteiger partial charge in [0.15, 0.2) is 0 Å². The second kappa shape index (κ2) is 7.00. The molecule has 0 aliphatic heterocycles. The summed E-state index contributed by atoms with van der Waals surface area (Å²) in [6.07, 6.45) is 3.67. The van der Waals surface area contributed by atoms with Crippen LogP contribution in [-0.2, 0) is 0 Å². The average molecular weight is 281 g/mol. The summed E-state index contributed by atoms with van der Waals surface area (Å²) >= 11 is 0. The van der Waals surface area contributed by atoms with Crippen LogP contribution in [0, 0.1) is 10.1 Å². The highest BCUT2D eigenvalue weighted by molar-refractivity contribution is 5.85. The number of allylic oxidation sites excluding steroid dienone is 1. The zero-order chi connectivity index (χ0) is 15.1. The molecule has 0 unspecified atom stereocenters. The van der Waals surface area contributed by atoms with Gasteiger partial charge >= 0.3 is 0 Å². The molecule has 1 N–H and O–H groups in total. The first-order valence-electron chi connectivity index (χ1n) is 6.42. The van der Waals surface area contributed by atoms with Crippen LogP contribution in [0.4, 0.5) is 11.4 Å². The van der Waals surface area contributed by atoms with Crippen molar-refractivity contribution in [2.75, 3.05) is 5.43 Å². The van der Waals surface area contributed by atoms with E-state index in [1.54, 1.807) is 18.3 Å². The fourth-order valence-corrected chi connectivity index (χ4v) is 1.75. The van der Waals surface area contributed by atoms with E-state index in [0.29, 0.717) is 5.69 Å². The summed E-state index contributed by atoms with van der Waals surface area (Å²) in [5.41, 5.74) is 5.46. The van der Waals surface area contributed by atoms with Gasteiger partial charge in [0.05, 0.1) is 16.8 Å². The molecule has 106 valence electrons. The van der Waals surface area contributed by atoms with Gasteiger partial charge < -0.3 is 0 Å². The molecule has 2 rings (SSSR count). The van der Waals surface area contributed by atoms with E-state index in [2.05, 4.69) is 10.5 Å². The highest BCUT2D eigenvalue weighted by Crippen LogP contribution is 2.16. The Morgan fingerprint density at radius 3 is 2.67 bits per heavy atom. The Kier molecular flexibility index (Phi) is 4.82. The Hall–Kier alpha value is -2.95. The van der Waals surface area contributed by atoms with Crippen LogP contribution in [0.1, 0.15) is 12.5 Å². The number of rotatable bonds is 5. The van der Waals surface area contributed by atoms with Gasteiger partial charge in [0, 0.05) is 12.1 Å². The smallest absolute Gasteiger partial charge is 0.271 e. The summed E-state index contributed by atoms with van der Waals surface area (Å²) in [6, 6.07) is 16.1. The summed E-state index contributed by atoms with van der Waals surface area (Å²) in [4.78, 5) is 10.2. The van der Waals surface area contributed by atoms with Gasteiger partial charge in [-0.3, -0.25) is 15.5 Å². The minimum Gasteiger partial charge on any atom is -0.278 e. The fourth-order valence-electron chi connectivity index (χ4n) is 1.75. The molecule has 0 bridgehead atoms. The second-order valence-corrected chi connectivity index (χ2v) is 4.48. The number of hydrogen-bond acceptors (Lipinski definition) is 4. The summed E-state index contributed by atoms with van der Waals surface area (Å²) in [6.45, 7) is 1.94. The molecule has 2 aromatic rings. The summed E-state index contributed by atoms with van der Waals surface area (Å²) < 4.78 is 0. The van der Waals surface area contributed by atoms with Gasteiger partial charge in [0.1, 0.15) is 0 Å². The number of nitrogens with zero attached hydrogens (tertiary/aromatic N) is 2. The van der Waals surface area contributed by atoms with Gasteiger partial charge in [-0.1, -0.05) is 42.5 Å². The van der Waals surface area contributed by atoms with Gasteiger partial charge in [-0.2, -0.15) is 5.10 Å². The molecule has 5 nitrogen and oxygen atoms in total. The van der Waals surface area contributed by atoms with Crippen LogP contribution in [0.15, 0.2) is 65.3 Å². The number of non-ortho nitro benzene ring substituents is 1. The van der Waals surface area contributed by atoms with E-state index in [0.717, 1.165) is 11.1 Å². The van der Waals surface area contributed by atoms with Crippen LogP contribution in [0.5, 0.6) is 0 Å². The Morgan fingerprint density at radius 2 is 1.95 bits per heavy atom. The number of anilines is 1. The standard InChI is InChI=1S/C16H15N3O2/c1-13(10-14-6-3-2-4-7-14)12-17-18-15-8-5-9-16(11-15)19(20)21/h2-12,18H,1H3/b13-10+,17-12?. The normalized spacial score (nSPS) is 11.6. The monoisotopic (exact) mass is 281 g/mol. The predicted molar refractivity (Wildman–Crippen MR) is 85.3 cm³/mol. The number of hydrogen-bond donors (Lipinski definition) is 1. The molecule has 0 heterocycles. The van der Waals surface area contributed by atoms with E-state index >= 15 is 0 Å². The lowest BCUT2D eigenvalue weighted by Gasteiger charge is -2.00. The molecule has 0 aliphatic carbocycles. The lowest BCUT2D eigenvalue weighted by atomic mass is 10.1. The molecule has 0 spiro atoms. The molecule has 0 saturated carbocycles. The van der Waals surface area contributed by atoms with Gasteiger partial charge in [-0.25, -0.2) is 0 Å². The van der Waals surface area contributed by atoms with Crippen LogP contribution in [0.25, 0.3) is 6.08 Å². The molecular formula is C16H15N3O2. The molecule has 0 radical (unpaired) electrons. The molecule has 0 saturated heterocycles. The lowest BCUT2D eigenvalue weighted by molar-refractivity contribution is -0.384. The lowest BCUT2D eigenvalue weighted by Crippen LogP contribution is -1.92. The first kappa shape index (κ1) is 14.5. The first-order chi connectivity index (χ1) is 10.1. The highest BCUT2D eigenvalue weighted by Gasteiger charge is 2.04. The predicted octanol–water partition coefficient (Wildman–Crippen LogP) is 4.10. The molecule has 21 heavy (non-hydrogen) atoms. The van der Waals surface area contributed by atoms with Crippen molar-refractivity contribution >= 4 is 23.7 Å². The third-order valence-corrected chi connectivity index (χ3v) is 2.71. The number of benzene rings is 2. The Balaban J connectivity index is 2.00. The van der Waals surface area contributed by atoms with E-state index in [4.69, 9.17) is 0 Å². The van der Waals surface area contributed by atoms with E-state index in [1.807, 2.05) is 43.3 Å². The molecule has 0 aromatic heterocycles. The minimum atomic E-state index is -0.435. The van der Waals surface area contributed by atoms with Gasteiger partial charge in [0.25, 0.3) is 5.69 Å². The summed E-state index contributed by atoms with van der Waals surface area (Å²) in [5.74, 6) is 0. The van der Waals surface area contributed by atoms with Crippen molar-refractivity contribution in [3.63, 3.8) is 0 Å². The van der Waals surface area contributed by atoms with Gasteiger partial charge in [-0.05, 0) is 24.1 Å². The first-order valence-corrected chi connectivity index (χ1v) is 6.42. The molecular weight excluding hydrogens is 266 g/mol. The van der Waals surface area contributed by atoms with Crippen molar-refractivity contribution in [2.45, 2.75) is 6.92 Å². The van der Waals surface area contributed by atoms with Crippen molar-refractivity contribution in [2.24, 2.45) is 5.10 Å². The van der Waals surface area contributed by atoms with Gasteiger partial charge in [0.2, 0.25) is 0 Å². The quantitative estimate of drug-likeness (QED) is 0.509. The topological polar surface area (TPSA) is 67.5 Å². The SMILES string of the molecule is C/C(C=NNc1cccc([N+](=O)[O-])c1)=C\c1ccccc1. The maximum atomic E-state index is 10.7. The Bertz CT molecular complexity index is 679. The summed E-state index contributed by atoms with van der Waals surface area (Å²) in [5, 5.41) is 14.7. The zero-order valence-electron chi connectivity index (χ0n) is 11.6. The van der Waals surface area contributed by atoms with Crippen LogP contribution < -0.4 is 5.43 Å². The molecule has 0 aliphatic rings. The largest absolute Gasteiger partial charge is 0.278 e. The Labute approximate surface area is 122 Å². The number of nitrogens with one attached hydrogen (secondary N) is 1. The average Bonchev–Trinajstić information content (AvgIpc) is 2.48. The van der Waals surface area contributed by atoms with E-state index in [-0.39, 0.29) is 5.69 Å². The molecule has 0 amide bonds. The minimum absolute atomic E-state index is 0.0340. The van der Waals surface area contributed by atoms with E-state index < -0.39 is 4.92 Å². The maximum absolute atomic E-state index is 10.7. The van der Waals surface area contributed by atoms with E-state index in [1.165, 1.54) is 12.1 Å². The van der Waals surface area contributed by atoms with E-state index in [9.17, 15) is 10.1 Å². The fraction of sp³-hybridized carbons (Fsp3) is 0.0625. The van der Waals surface area contributed by atoms with Crippen molar-refractivity contribution in [3.05, 3.63) is 75.8 Å². The van der Waals surface area contributed by atoms with Crippen molar-refractivity contribution in [1.82, 2.24) is 0 Å². The highest BCUT2D eigenvalue weighted by atomic mass is 16.6. The maximum Gasteiger partial charge on any atom is 0.271 e. The number of nitro groups is 1. The van der Waals surface area contributed by atoms with Crippen molar-refractivity contribution in [1.29, 1.82) is 0 Å². The van der Waals surface area contributed by atoms with Crippen LogP contribution in [0.3, 0.4) is 0 Å². The molecule has 0 fully saturated rings. The van der Waals surface area contributed by atoms with Crippen molar-refractivity contribution < 1.29 is 4.92 Å². The van der Waals surface area contributed by atoms with Gasteiger partial charge in [-0.15, -0.1) is 0 Å². The summed E-state index contributed by atoms with van der Waals surface area (Å²) in [7, 11) is 0. The third-order valence-electron chi connectivity index (χ3n) is 2.71.